The van der Waals surface area contributed by atoms with Crippen molar-refractivity contribution in [2.45, 2.75) is 31.1 Å². The Hall–Kier alpha value is -1.44. The second-order valence-electron chi connectivity index (χ2n) is 5.25. The molecule has 1 fully saturated rings. The molecule has 4 N–H and O–H groups in total. The number of hydrogen-bond acceptors (Lipinski definition) is 4. The molecule has 0 spiro atoms. The van der Waals surface area contributed by atoms with Gasteiger partial charge in [-0.1, -0.05) is 13.0 Å². The number of carbonyl (C=O) groups excluding carboxylic acids is 1. The van der Waals surface area contributed by atoms with Crippen molar-refractivity contribution in [3.05, 3.63) is 23.8 Å². The van der Waals surface area contributed by atoms with Crippen LogP contribution in [0.1, 0.15) is 25.3 Å². The highest BCUT2D eigenvalue weighted by Crippen LogP contribution is 2.21. The van der Waals surface area contributed by atoms with Gasteiger partial charge in [0.25, 0.3) is 0 Å². The van der Waals surface area contributed by atoms with Crippen LogP contribution in [0.5, 0.6) is 0 Å². The van der Waals surface area contributed by atoms with Crippen molar-refractivity contribution in [3.63, 3.8) is 0 Å². The summed E-state index contributed by atoms with van der Waals surface area (Å²) in [6.07, 6.45) is 2.37. The lowest BCUT2D eigenvalue weighted by Crippen LogP contribution is -2.37. The van der Waals surface area contributed by atoms with Crippen molar-refractivity contribution in [1.82, 2.24) is 5.32 Å². The Morgan fingerprint density at radius 3 is 2.81 bits per heavy atom. The zero-order valence-corrected chi connectivity index (χ0v) is 12.9. The Bertz CT molecular complexity index is 622. The summed E-state index contributed by atoms with van der Waals surface area (Å²) < 4.78 is 23.2. The second kappa shape index (κ2) is 6.55. The number of primary sulfonamides is 1. The van der Waals surface area contributed by atoms with E-state index in [1.54, 1.807) is 12.1 Å². The summed E-state index contributed by atoms with van der Waals surface area (Å²) in [4.78, 5) is 12.2. The molecule has 0 bridgehead atoms. The summed E-state index contributed by atoms with van der Waals surface area (Å²) in [5, 5.41) is 11.2. The molecule has 0 radical (unpaired) electrons. The minimum atomic E-state index is -3.79. The van der Waals surface area contributed by atoms with Gasteiger partial charge in [-0.05, 0) is 43.5 Å². The molecular weight excluding hydrogens is 290 g/mol. The van der Waals surface area contributed by atoms with E-state index in [-0.39, 0.29) is 16.7 Å². The number of amides is 1. The highest BCUT2D eigenvalue weighted by Gasteiger charge is 2.21. The van der Waals surface area contributed by atoms with Crippen LogP contribution in [0.2, 0.25) is 0 Å². The van der Waals surface area contributed by atoms with Crippen molar-refractivity contribution >= 4 is 21.6 Å². The number of benzene rings is 1. The zero-order valence-electron chi connectivity index (χ0n) is 12.1. The van der Waals surface area contributed by atoms with E-state index in [9.17, 15) is 13.2 Å². The van der Waals surface area contributed by atoms with Crippen LogP contribution in [0.25, 0.3) is 0 Å². The van der Waals surface area contributed by atoms with Crippen LogP contribution in [0.3, 0.4) is 0 Å². The molecule has 1 heterocycles. The van der Waals surface area contributed by atoms with E-state index < -0.39 is 10.0 Å². The average molecular weight is 311 g/mol. The Morgan fingerprint density at radius 1 is 1.48 bits per heavy atom. The molecule has 7 heteroatoms. The topological polar surface area (TPSA) is 101 Å². The Kier molecular flexibility index (Phi) is 4.97. The maximum Gasteiger partial charge on any atom is 0.238 e. The quantitative estimate of drug-likeness (QED) is 0.766. The monoisotopic (exact) mass is 311 g/mol. The molecule has 1 aliphatic heterocycles. The lowest BCUT2D eigenvalue weighted by Gasteiger charge is -2.22. The van der Waals surface area contributed by atoms with E-state index in [0.717, 1.165) is 19.4 Å². The van der Waals surface area contributed by atoms with Gasteiger partial charge in [0.1, 0.15) is 0 Å². The number of aryl methyl sites for hydroxylation is 1. The van der Waals surface area contributed by atoms with Gasteiger partial charge in [-0.15, -0.1) is 0 Å². The molecule has 116 valence electrons. The van der Waals surface area contributed by atoms with Crippen molar-refractivity contribution in [2.75, 3.05) is 18.4 Å². The van der Waals surface area contributed by atoms with E-state index in [4.69, 9.17) is 5.14 Å². The van der Waals surface area contributed by atoms with Gasteiger partial charge in [0.15, 0.2) is 0 Å². The molecule has 1 unspecified atom stereocenters. The molecular formula is C14H21N3O3S. The smallest absolute Gasteiger partial charge is 0.238 e. The van der Waals surface area contributed by atoms with Gasteiger partial charge in [-0.25, -0.2) is 13.6 Å². The zero-order chi connectivity index (χ0) is 15.5. The fourth-order valence-electron chi connectivity index (χ4n) is 2.51. The molecule has 0 saturated carbocycles. The first kappa shape index (κ1) is 15.9. The van der Waals surface area contributed by atoms with Crippen LogP contribution in [0.4, 0.5) is 5.69 Å². The molecule has 1 aromatic carbocycles. The predicted octanol–water partition coefficient (Wildman–Crippen LogP) is 0.835. The van der Waals surface area contributed by atoms with Crippen LogP contribution in [-0.4, -0.2) is 27.4 Å². The van der Waals surface area contributed by atoms with Crippen LogP contribution >= 0.6 is 0 Å². The molecule has 6 nitrogen and oxygen atoms in total. The molecule has 2 rings (SSSR count). The molecule has 0 aromatic heterocycles. The van der Waals surface area contributed by atoms with Gasteiger partial charge < -0.3 is 10.6 Å². The van der Waals surface area contributed by atoms with Crippen molar-refractivity contribution in [1.29, 1.82) is 0 Å². The first-order chi connectivity index (χ1) is 9.91. The fraction of sp³-hybridized carbons (Fsp3) is 0.500. The Morgan fingerprint density at radius 2 is 2.24 bits per heavy atom. The number of carbonyl (C=O) groups is 1. The fourth-order valence-corrected chi connectivity index (χ4v) is 3.38. The number of piperidine rings is 1. The largest absolute Gasteiger partial charge is 0.326 e. The minimum absolute atomic E-state index is 0.0737. The van der Waals surface area contributed by atoms with Gasteiger partial charge in [0.2, 0.25) is 15.9 Å². The molecule has 1 saturated heterocycles. The van der Waals surface area contributed by atoms with E-state index in [1.165, 1.54) is 6.07 Å². The summed E-state index contributed by atoms with van der Waals surface area (Å²) in [6, 6.07) is 4.83. The SMILES string of the molecule is CCc1ccc(NC(=O)C2CCCNC2)cc1S(N)(=O)=O. The summed E-state index contributed by atoms with van der Waals surface area (Å²) in [6.45, 7) is 3.45. The Balaban J connectivity index is 2.19. The number of sulfonamides is 1. The number of anilines is 1. The Labute approximate surface area is 125 Å². The van der Waals surface area contributed by atoms with Crippen LogP contribution in [-0.2, 0) is 21.2 Å². The van der Waals surface area contributed by atoms with Gasteiger partial charge in [-0.2, -0.15) is 0 Å². The van der Waals surface area contributed by atoms with Crippen molar-refractivity contribution < 1.29 is 13.2 Å². The van der Waals surface area contributed by atoms with Gasteiger partial charge in [0.05, 0.1) is 10.8 Å². The molecule has 1 atom stereocenters. The number of rotatable bonds is 4. The van der Waals surface area contributed by atoms with Crippen LogP contribution < -0.4 is 15.8 Å². The normalized spacial score (nSPS) is 19.2. The van der Waals surface area contributed by atoms with Gasteiger partial charge >= 0.3 is 0 Å². The average Bonchev–Trinajstić information content (AvgIpc) is 2.47. The lowest BCUT2D eigenvalue weighted by molar-refractivity contribution is -0.120. The number of nitrogens with two attached hydrogens (primary N) is 1. The van der Waals surface area contributed by atoms with Crippen LogP contribution in [0, 0.1) is 5.92 Å². The first-order valence-electron chi connectivity index (χ1n) is 7.09. The third-order valence-corrected chi connectivity index (χ3v) is 4.68. The van der Waals surface area contributed by atoms with E-state index >= 15 is 0 Å². The number of hydrogen-bond donors (Lipinski definition) is 3. The van der Waals surface area contributed by atoms with Gasteiger partial charge in [-0.3, -0.25) is 4.79 Å². The standard InChI is InChI=1S/C14H21N3O3S/c1-2-10-5-6-12(8-13(10)21(15,19)20)17-14(18)11-4-3-7-16-9-11/h5-6,8,11,16H,2-4,7,9H2,1H3,(H,17,18)(H2,15,19,20). The third kappa shape index (κ3) is 4.03. The van der Waals surface area contributed by atoms with E-state index in [1.807, 2.05) is 6.92 Å². The van der Waals surface area contributed by atoms with Crippen LogP contribution in [0.15, 0.2) is 23.1 Å². The highest BCUT2D eigenvalue weighted by molar-refractivity contribution is 7.89. The molecule has 1 aliphatic rings. The third-order valence-electron chi connectivity index (χ3n) is 3.69. The predicted molar refractivity (Wildman–Crippen MR) is 81.4 cm³/mol. The highest BCUT2D eigenvalue weighted by atomic mass is 32.2. The molecule has 1 amide bonds. The second-order valence-corrected chi connectivity index (χ2v) is 6.78. The maximum atomic E-state index is 12.2. The molecule has 1 aromatic rings. The minimum Gasteiger partial charge on any atom is -0.326 e. The molecule has 0 aliphatic carbocycles. The number of nitrogens with one attached hydrogen (secondary N) is 2. The molecule has 21 heavy (non-hydrogen) atoms. The van der Waals surface area contributed by atoms with E-state index in [0.29, 0.717) is 24.2 Å². The summed E-state index contributed by atoms with van der Waals surface area (Å²) in [5.41, 5.74) is 1.11. The first-order valence-corrected chi connectivity index (χ1v) is 8.63. The van der Waals surface area contributed by atoms with Gasteiger partial charge in [0, 0.05) is 12.2 Å². The summed E-state index contributed by atoms with van der Waals surface area (Å²) in [5.74, 6) is -0.172. The maximum absolute atomic E-state index is 12.2. The van der Waals surface area contributed by atoms with Crippen molar-refractivity contribution in [3.8, 4) is 0 Å². The lowest BCUT2D eigenvalue weighted by atomic mass is 9.99. The van der Waals surface area contributed by atoms with E-state index in [2.05, 4.69) is 10.6 Å². The van der Waals surface area contributed by atoms with Crippen molar-refractivity contribution in [2.24, 2.45) is 11.1 Å². The summed E-state index contributed by atoms with van der Waals surface area (Å²) >= 11 is 0. The summed E-state index contributed by atoms with van der Waals surface area (Å²) in [7, 11) is -3.79.